The van der Waals surface area contributed by atoms with E-state index in [1.807, 2.05) is 32.0 Å². The summed E-state index contributed by atoms with van der Waals surface area (Å²) >= 11 is 0. The molecule has 1 N–H and O–H groups in total. The van der Waals surface area contributed by atoms with Crippen LogP contribution in [0.25, 0.3) is 11.3 Å². The van der Waals surface area contributed by atoms with E-state index in [4.69, 9.17) is 9.47 Å². The maximum absolute atomic E-state index is 12.5. The van der Waals surface area contributed by atoms with Gasteiger partial charge in [-0.1, -0.05) is 12.1 Å². The van der Waals surface area contributed by atoms with Gasteiger partial charge in [0.2, 0.25) is 5.88 Å². The van der Waals surface area contributed by atoms with E-state index in [2.05, 4.69) is 20.3 Å². The van der Waals surface area contributed by atoms with Gasteiger partial charge < -0.3 is 14.8 Å². The maximum atomic E-state index is 12.5. The normalized spacial score (nSPS) is 14.8. The average Bonchev–Trinajstić information content (AvgIpc) is 3.17. The van der Waals surface area contributed by atoms with Crippen molar-refractivity contribution in [3.8, 4) is 22.9 Å². The van der Waals surface area contributed by atoms with Crippen LogP contribution in [-0.2, 0) is 6.42 Å². The first-order valence-corrected chi connectivity index (χ1v) is 9.43. The van der Waals surface area contributed by atoms with Crippen LogP contribution in [-0.4, -0.2) is 40.6 Å². The van der Waals surface area contributed by atoms with Crippen LogP contribution in [0.4, 0.5) is 0 Å². The summed E-state index contributed by atoms with van der Waals surface area (Å²) in [5.41, 5.74) is 4.97. The van der Waals surface area contributed by atoms with Crippen molar-refractivity contribution in [2.75, 3.05) is 13.7 Å². The molecule has 0 spiro atoms. The smallest absolute Gasteiger partial charge is 0.256 e. The van der Waals surface area contributed by atoms with Crippen LogP contribution in [0, 0.1) is 13.8 Å². The molecule has 3 heterocycles. The first-order valence-electron chi connectivity index (χ1n) is 9.43. The number of hydrogen-bond acceptors (Lipinski definition) is 6. The second-order valence-corrected chi connectivity index (χ2v) is 6.95. The highest BCUT2D eigenvalue weighted by molar-refractivity contribution is 5.96. The summed E-state index contributed by atoms with van der Waals surface area (Å²) in [6.07, 6.45) is 3.90. The number of pyridine rings is 1. The number of carbonyl (C=O) groups excluding carboxylic acids is 1. The monoisotopic (exact) mass is 390 g/mol. The van der Waals surface area contributed by atoms with Gasteiger partial charge in [-0.05, 0) is 37.6 Å². The van der Waals surface area contributed by atoms with E-state index in [1.54, 1.807) is 24.5 Å². The number of fused-ring (bicyclic) bond motifs is 1. The summed E-state index contributed by atoms with van der Waals surface area (Å²) in [6, 6.07) is 9.43. The van der Waals surface area contributed by atoms with Gasteiger partial charge in [0.05, 0.1) is 30.7 Å². The first-order chi connectivity index (χ1) is 14.1. The van der Waals surface area contributed by atoms with Crippen molar-refractivity contribution >= 4 is 5.91 Å². The number of aromatic nitrogens is 3. The number of methoxy groups -OCH3 is 1. The van der Waals surface area contributed by atoms with Gasteiger partial charge in [0.15, 0.2) is 0 Å². The van der Waals surface area contributed by atoms with Crippen molar-refractivity contribution in [3.63, 3.8) is 0 Å². The Labute approximate surface area is 169 Å². The summed E-state index contributed by atoms with van der Waals surface area (Å²) in [5, 5.41) is 2.92. The number of rotatable bonds is 5. The van der Waals surface area contributed by atoms with Gasteiger partial charge in [-0.3, -0.25) is 9.78 Å². The average molecular weight is 390 g/mol. The minimum atomic E-state index is -0.241. The van der Waals surface area contributed by atoms with Crippen molar-refractivity contribution in [1.82, 2.24) is 20.3 Å². The first kappa shape index (κ1) is 18.9. The van der Waals surface area contributed by atoms with E-state index in [0.29, 0.717) is 24.4 Å². The zero-order valence-corrected chi connectivity index (χ0v) is 16.6. The molecule has 3 aromatic rings. The number of nitrogens with one attached hydrogen (secondary N) is 1. The Morgan fingerprint density at radius 3 is 2.93 bits per heavy atom. The van der Waals surface area contributed by atoms with Crippen LogP contribution in [0.5, 0.6) is 11.6 Å². The van der Waals surface area contributed by atoms with Gasteiger partial charge in [-0.2, -0.15) is 0 Å². The summed E-state index contributed by atoms with van der Waals surface area (Å²) in [4.78, 5) is 25.6. The molecule has 148 valence electrons. The lowest BCUT2D eigenvalue weighted by Crippen LogP contribution is -2.34. The van der Waals surface area contributed by atoms with Crippen molar-refractivity contribution in [3.05, 3.63) is 65.2 Å². The second-order valence-electron chi connectivity index (χ2n) is 6.95. The molecule has 1 amide bonds. The zero-order chi connectivity index (χ0) is 20.4. The molecule has 1 atom stereocenters. The number of para-hydroxylation sites is 1. The second kappa shape index (κ2) is 7.87. The highest BCUT2D eigenvalue weighted by Crippen LogP contribution is 2.38. The molecule has 0 saturated heterocycles. The fourth-order valence-corrected chi connectivity index (χ4v) is 3.46. The highest BCUT2D eigenvalue weighted by atomic mass is 16.5. The van der Waals surface area contributed by atoms with Crippen LogP contribution >= 0.6 is 0 Å². The van der Waals surface area contributed by atoms with Gasteiger partial charge in [0, 0.05) is 24.4 Å². The van der Waals surface area contributed by atoms with Crippen LogP contribution in [0.3, 0.4) is 0 Å². The lowest BCUT2D eigenvalue weighted by Gasteiger charge is -2.14. The number of aryl methyl sites for hydroxylation is 2. The Kier molecular flexibility index (Phi) is 5.12. The lowest BCUT2D eigenvalue weighted by atomic mass is 10.0. The van der Waals surface area contributed by atoms with Crippen LogP contribution < -0.4 is 14.8 Å². The number of ether oxygens (including phenoxy) is 2. The van der Waals surface area contributed by atoms with Crippen molar-refractivity contribution in [2.45, 2.75) is 26.4 Å². The van der Waals surface area contributed by atoms with Gasteiger partial charge in [-0.15, -0.1) is 0 Å². The molecule has 4 rings (SSSR count). The van der Waals surface area contributed by atoms with Crippen molar-refractivity contribution in [1.29, 1.82) is 0 Å². The van der Waals surface area contributed by atoms with Gasteiger partial charge in [-0.25, -0.2) is 9.97 Å². The molecule has 0 unspecified atom stereocenters. The fraction of sp³-hybridized carbons (Fsp3) is 0.273. The third-order valence-electron chi connectivity index (χ3n) is 4.86. The maximum Gasteiger partial charge on any atom is 0.256 e. The third kappa shape index (κ3) is 3.76. The van der Waals surface area contributed by atoms with E-state index in [9.17, 15) is 4.79 Å². The largest absolute Gasteiger partial charge is 0.487 e. The Hall–Kier alpha value is -3.48. The molecule has 7 nitrogen and oxygen atoms in total. The molecule has 2 aromatic heterocycles. The van der Waals surface area contributed by atoms with E-state index >= 15 is 0 Å². The predicted molar refractivity (Wildman–Crippen MR) is 108 cm³/mol. The van der Waals surface area contributed by atoms with Crippen LogP contribution in [0.2, 0.25) is 0 Å². The summed E-state index contributed by atoms with van der Waals surface area (Å²) in [6.45, 7) is 4.24. The Bertz CT molecular complexity index is 1070. The molecule has 0 saturated carbocycles. The summed E-state index contributed by atoms with van der Waals surface area (Å²) in [5.74, 6) is 0.875. The number of benzene rings is 1. The molecule has 1 aliphatic heterocycles. The van der Waals surface area contributed by atoms with Crippen LogP contribution in [0.15, 0.2) is 42.7 Å². The number of carbonyl (C=O) groups is 1. The Morgan fingerprint density at radius 2 is 2.10 bits per heavy atom. The molecule has 0 aliphatic carbocycles. The summed E-state index contributed by atoms with van der Waals surface area (Å²) < 4.78 is 11.4. The molecule has 1 aliphatic rings. The lowest BCUT2D eigenvalue weighted by molar-refractivity contribution is 0.0930. The number of nitrogens with zero attached hydrogens (tertiary/aromatic N) is 3. The zero-order valence-electron chi connectivity index (χ0n) is 16.6. The summed E-state index contributed by atoms with van der Waals surface area (Å²) in [7, 11) is 1.49. The van der Waals surface area contributed by atoms with E-state index < -0.39 is 0 Å². The van der Waals surface area contributed by atoms with Crippen molar-refractivity contribution < 1.29 is 14.3 Å². The van der Waals surface area contributed by atoms with E-state index in [0.717, 1.165) is 34.0 Å². The topological polar surface area (TPSA) is 86.2 Å². The minimum Gasteiger partial charge on any atom is -0.487 e. The predicted octanol–water partition coefficient (Wildman–Crippen LogP) is 2.90. The standard InChI is InChI=1S/C22H22N4O3/c1-13-11-24-14(2)19(26-13)17-7-4-6-15-10-16(29-20(15)17)12-25-21(27)18-8-5-9-23-22(18)28-3/h4-9,11,16H,10,12H2,1-3H3,(H,25,27)/t16-/m0/s1. The van der Waals surface area contributed by atoms with Gasteiger partial charge in [0.1, 0.15) is 17.4 Å². The molecule has 0 radical (unpaired) electrons. The van der Waals surface area contributed by atoms with Crippen LogP contribution in [0.1, 0.15) is 27.3 Å². The third-order valence-corrected chi connectivity index (χ3v) is 4.86. The molecule has 1 aromatic carbocycles. The van der Waals surface area contributed by atoms with Gasteiger partial charge in [0.25, 0.3) is 5.91 Å². The molecular formula is C22H22N4O3. The number of amides is 1. The van der Waals surface area contributed by atoms with E-state index in [1.165, 1.54) is 7.11 Å². The highest BCUT2D eigenvalue weighted by Gasteiger charge is 2.27. The Morgan fingerprint density at radius 1 is 1.24 bits per heavy atom. The quantitative estimate of drug-likeness (QED) is 0.721. The van der Waals surface area contributed by atoms with Gasteiger partial charge >= 0.3 is 0 Å². The molecule has 0 fully saturated rings. The van der Waals surface area contributed by atoms with Crippen molar-refractivity contribution in [2.24, 2.45) is 0 Å². The molecule has 29 heavy (non-hydrogen) atoms. The molecule has 7 heteroatoms. The minimum absolute atomic E-state index is 0.157. The van der Waals surface area contributed by atoms with E-state index in [-0.39, 0.29) is 12.0 Å². The number of hydrogen-bond donors (Lipinski definition) is 1. The molecular weight excluding hydrogens is 368 g/mol. The fourth-order valence-electron chi connectivity index (χ4n) is 3.46. The molecule has 0 bridgehead atoms. The Balaban J connectivity index is 1.50. The SMILES string of the molecule is COc1ncccc1C(=O)NC[C@@H]1Cc2cccc(-c3nc(C)cnc3C)c2O1.